The fourth-order valence-corrected chi connectivity index (χ4v) is 3.33. The van der Waals surface area contributed by atoms with Crippen LogP contribution < -0.4 is 5.43 Å². The average molecular weight is 364 g/mol. The Morgan fingerprint density at radius 2 is 1.62 bits per heavy atom. The molecule has 6 heteroatoms. The Labute approximate surface area is 151 Å². The lowest BCUT2D eigenvalue weighted by molar-refractivity contribution is -0.191. The molecule has 0 aromatic heterocycles. The fourth-order valence-electron chi connectivity index (χ4n) is 3.33. The van der Waals surface area contributed by atoms with Crippen molar-refractivity contribution in [2.75, 3.05) is 6.54 Å². The molecule has 3 rings (SSSR count). The molecule has 0 aliphatic carbocycles. The Bertz CT molecular complexity index is 843. The lowest BCUT2D eigenvalue weighted by atomic mass is 9.93. The van der Waals surface area contributed by atoms with Crippen LogP contribution in [-0.2, 0) is 4.79 Å². The summed E-state index contributed by atoms with van der Waals surface area (Å²) in [5.74, 6) is -0.102. The summed E-state index contributed by atoms with van der Waals surface area (Å²) in [6.45, 7) is 7.38. The van der Waals surface area contributed by atoms with Crippen LogP contribution in [0.4, 0.5) is 13.2 Å². The molecule has 0 radical (unpaired) electrons. The highest BCUT2D eigenvalue weighted by molar-refractivity contribution is 5.85. The van der Waals surface area contributed by atoms with E-state index in [1.165, 1.54) is 6.07 Å². The number of hydrazine groups is 1. The molecule has 140 valence electrons. The van der Waals surface area contributed by atoms with Gasteiger partial charge < -0.3 is 0 Å². The fraction of sp³-hybridized carbons (Fsp3) is 0.450. The first-order chi connectivity index (χ1) is 12.0. The molecule has 1 amide bonds. The van der Waals surface area contributed by atoms with Crippen molar-refractivity contribution < 1.29 is 18.0 Å². The Hall–Kier alpha value is -2.08. The third kappa shape index (κ3) is 3.43. The van der Waals surface area contributed by atoms with Gasteiger partial charge in [0.2, 0.25) is 5.91 Å². The highest BCUT2D eigenvalue weighted by atomic mass is 19.4. The SMILES string of the molecule is CC(C)c1ccc2ccc([C@H](N3CC(C)(C)C(=O)N3)C(F)(F)F)cc2c1. The monoisotopic (exact) mass is 364 g/mol. The summed E-state index contributed by atoms with van der Waals surface area (Å²) >= 11 is 0. The summed E-state index contributed by atoms with van der Waals surface area (Å²) < 4.78 is 41.6. The highest BCUT2D eigenvalue weighted by Crippen LogP contribution is 2.41. The molecule has 26 heavy (non-hydrogen) atoms. The first-order valence-electron chi connectivity index (χ1n) is 8.67. The second-order valence-electron chi connectivity index (χ2n) is 7.92. The van der Waals surface area contributed by atoms with Crippen LogP contribution in [-0.4, -0.2) is 23.6 Å². The van der Waals surface area contributed by atoms with Gasteiger partial charge in [0.1, 0.15) is 6.04 Å². The van der Waals surface area contributed by atoms with Gasteiger partial charge in [0.05, 0.1) is 5.41 Å². The van der Waals surface area contributed by atoms with Crippen molar-refractivity contribution in [2.45, 2.75) is 45.8 Å². The molecular formula is C20H23F3N2O. The molecule has 2 aromatic rings. The van der Waals surface area contributed by atoms with Gasteiger partial charge in [-0.1, -0.05) is 44.2 Å². The molecule has 0 unspecified atom stereocenters. The largest absolute Gasteiger partial charge is 0.409 e. The van der Waals surface area contributed by atoms with Crippen molar-refractivity contribution >= 4 is 16.7 Å². The third-order valence-corrected chi connectivity index (χ3v) is 4.92. The predicted molar refractivity (Wildman–Crippen MR) is 95.5 cm³/mol. The minimum absolute atomic E-state index is 0.0000803. The molecule has 2 aromatic carbocycles. The van der Waals surface area contributed by atoms with E-state index in [1.54, 1.807) is 26.0 Å². The van der Waals surface area contributed by atoms with Crippen LogP contribution >= 0.6 is 0 Å². The zero-order valence-corrected chi connectivity index (χ0v) is 15.3. The van der Waals surface area contributed by atoms with Crippen molar-refractivity contribution in [3.63, 3.8) is 0 Å². The van der Waals surface area contributed by atoms with Gasteiger partial charge in [-0.05, 0) is 47.7 Å². The van der Waals surface area contributed by atoms with Crippen LogP contribution in [0.15, 0.2) is 36.4 Å². The van der Waals surface area contributed by atoms with Crippen molar-refractivity contribution in [2.24, 2.45) is 5.41 Å². The molecule has 1 atom stereocenters. The van der Waals surface area contributed by atoms with Crippen LogP contribution in [0.25, 0.3) is 10.8 Å². The number of halogens is 3. The molecule has 3 nitrogen and oxygen atoms in total. The van der Waals surface area contributed by atoms with Crippen molar-refractivity contribution in [1.29, 1.82) is 0 Å². The molecule has 1 aliphatic rings. The van der Waals surface area contributed by atoms with Gasteiger partial charge in [0, 0.05) is 6.54 Å². The molecule has 1 heterocycles. The first kappa shape index (κ1) is 18.7. The van der Waals surface area contributed by atoms with Gasteiger partial charge in [0.15, 0.2) is 0 Å². The Morgan fingerprint density at radius 3 is 2.12 bits per heavy atom. The van der Waals surface area contributed by atoms with E-state index in [4.69, 9.17) is 0 Å². The number of rotatable bonds is 3. The first-order valence-corrected chi connectivity index (χ1v) is 8.67. The number of alkyl halides is 3. The average Bonchev–Trinajstić information content (AvgIpc) is 2.78. The maximum absolute atomic E-state index is 13.9. The number of hydrogen-bond acceptors (Lipinski definition) is 2. The summed E-state index contributed by atoms with van der Waals surface area (Å²) in [4.78, 5) is 12.0. The Kier molecular flexibility index (Phi) is 4.51. The Morgan fingerprint density at radius 1 is 1.04 bits per heavy atom. The highest BCUT2D eigenvalue weighted by Gasteiger charge is 2.51. The normalized spacial score (nSPS) is 19.2. The molecule has 1 aliphatic heterocycles. The number of nitrogens with zero attached hydrogens (tertiary/aromatic N) is 1. The summed E-state index contributed by atoms with van der Waals surface area (Å²) in [6, 6.07) is 8.76. The smallest absolute Gasteiger partial charge is 0.287 e. The summed E-state index contributed by atoms with van der Waals surface area (Å²) in [5.41, 5.74) is 2.75. The van der Waals surface area contributed by atoms with Crippen LogP contribution in [0.1, 0.15) is 50.8 Å². The van der Waals surface area contributed by atoms with Crippen molar-refractivity contribution in [3.8, 4) is 0 Å². The molecule has 0 bridgehead atoms. The van der Waals surface area contributed by atoms with Crippen LogP contribution in [0.2, 0.25) is 0 Å². The van der Waals surface area contributed by atoms with Gasteiger partial charge in [-0.3, -0.25) is 10.2 Å². The maximum atomic E-state index is 13.9. The quantitative estimate of drug-likeness (QED) is 0.837. The van der Waals surface area contributed by atoms with E-state index in [0.717, 1.165) is 21.3 Å². The topological polar surface area (TPSA) is 32.3 Å². The molecule has 1 N–H and O–H groups in total. The van der Waals surface area contributed by atoms with E-state index < -0.39 is 23.5 Å². The zero-order valence-electron chi connectivity index (χ0n) is 15.3. The van der Waals surface area contributed by atoms with Gasteiger partial charge in [-0.2, -0.15) is 13.2 Å². The van der Waals surface area contributed by atoms with E-state index in [0.29, 0.717) is 5.92 Å². The minimum Gasteiger partial charge on any atom is -0.287 e. The number of carbonyl (C=O) groups excluding carboxylic acids is 1. The predicted octanol–water partition coefficient (Wildman–Crippen LogP) is 4.94. The standard InChI is InChI=1S/C20H23F3N2O/c1-12(2)14-7-5-13-6-8-15(10-16(13)9-14)17(20(21,22)23)25-11-19(3,4)18(26)24-25/h5-10,12,17H,11H2,1-4H3,(H,24,26)/t17-/m0/s1. The van der Waals surface area contributed by atoms with E-state index in [9.17, 15) is 18.0 Å². The van der Waals surface area contributed by atoms with E-state index in [-0.39, 0.29) is 12.1 Å². The molecule has 0 spiro atoms. The number of amides is 1. The number of benzene rings is 2. The lowest BCUT2D eigenvalue weighted by Gasteiger charge is -2.30. The van der Waals surface area contributed by atoms with Gasteiger partial charge in [0.25, 0.3) is 0 Å². The van der Waals surface area contributed by atoms with E-state index in [2.05, 4.69) is 5.43 Å². The number of nitrogens with one attached hydrogen (secondary N) is 1. The summed E-state index contributed by atoms with van der Waals surface area (Å²) in [6.07, 6.45) is -4.50. The van der Waals surface area contributed by atoms with Crippen LogP contribution in [0.3, 0.4) is 0 Å². The molecular weight excluding hydrogens is 341 g/mol. The van der Waals surface area contributed by atoms with Gasteiger partial charge in [-0.15, -0.1) is 0 Å². The van der Waals surface area contributed by atoms with E-state index in [1.807, 2.05) is 32.0 Å². The Balaban J connectivity index is 2.06. The lowest BCUT2D eigenvalue weighted by Crippen LogP contribution is -2.43. The zero-order chi connectivity index (χ0) is 19.3. The van der Waals surface area contributed by atoms with Crippen LogP contribution in [0.5, 0.6) is 0 Å². The molecule has 1 fully saturated rings. The second-order valence-corrected chi connectivity index (χ2v) is 7.92. The maximum Gasteiger partial charge on any atom is 0.409 e. The van der Waals surface area contributed by atoms with Gasteiger partial charge >= 0.3 is 6.18 Å². The number of fused-ring (bicyclic) bond motifs is 1. The third-order valence-electron chi connectivity index (χ3n) is 4.92. The van der Waals surface area contributed by atoms with Crippen LogP contribution in [0, 0.1) is 5.41 Å². The van der Waals surface area contributed by atoms with Crippen molar-refractivity contribution in [1.82, 2.24) is 10.4 Å². The minimum atomic E-state index is -4.50. The summed E-state index contributed by atoms with van der Waals surface area (Å²) in [5, 5.41) is 2.67. The van der Waals surface area contributed by atoms with E-state index >= 15 is 0 Å². The number of carbonyl (C=O) groups is 1. The number of hydrogen-bond donors (Lipinski definition) is 1. The molecule has 0 saturated carbocycles. The molecule has 1 saturated heterocycles. The van der Waals surface area contributed by atoms with Crippen molar-refractivity contribution in [3.05, 3.63) is 47.5 Å². The summed E-state index contributed by atoms with van der Waals surface area (Å²) in [7, 11) is 0. The second kappa shape index (κ2) is 6.27. The van der Waals surface area contributed by atoms with Gasteiger partial charge in [-0.25, -0.2) is 5.01 Å².